The first kappa shape index (κ1) is 11.9. The van der Waals surface area contributed by atoms with Gasteiger partial charge in [0.1, 0.15) is 12.1 Å². The Balaban J connectivity index is 1.58. The van der Waals surface area contributed by atoms with Crippen LogP contribution in [0.15, 0.2) is 6.33 Å². The third-order valence-corrected chi connectivity index (χ3v) is 4.44. The lowest BCUT2D eigenvalue weighted by molar-refractivity contribution is 0.518. The Morgan fingerprint density at radius 3 is 2.78 bits per heavy atom. The lowest BCUT2D eigenvalue weighted by Crippen LogP contribution is -2.14. The number of aryl methyl sites for hydroxylation is 1. The molecule has 2 aliphatic rings. The molecule has 2 aliphatic carbocycles. The highest BCUT2D eigenvalue weighted by Gasteiger charge is 2.17. The Kier molecular flexibility index (Phi) is 3.77. The van der Waals surface area contributed by atoms with E-state index in [1.54, 1.807) is 6.33 Å². The first-order valence-electron chi connectivity index (χ1n) is 7.50. The summed E-state index contributed by atoms with van der Waals surface area (Å²) >= 11 is 0. The highest BCUT2D eigenvalue weighted by molar-refractivity contribution is 5.46. The predicted octanol–water partition coefficient (Wildman–Crippen LogP) is 3.35. The first-order valence-corrected chi connectivity index (χ1v) is 7.50. The summed E-state index contributed by atoms with van der Waals surface area (Å²) in [6.45, 7) is 1.08. The zero-order valence-electron chi connectivity index (χ0n) is 11.1. The highest BCUT2D eigenvalue weighted by Crippen LogP contribution is 2.28. The fourth-order valence-corrected chi connectivity index (χ4v) is 3.37. The van der Waals surface area contributed by atoms with Gasteiger partial charge < -0.3 is 5.32 Å². The van der Waals surface area contributed by atoms with Crippen LogP contribution in [-0.4, -0.2) is 16.5 Å². The number of hydrogen-bond acceptors (Lipinski definition) is 3. The number of anilines is 1. The second kappa shape index (κ2) is 5.68. The summed E-state index contributed by atoms with van der Waals surface area (Å²) in [6, 6.07) is 0. The average Bonchev–Trinajstić information content (AvgIpc) is 2.92. The van der Waals surface area contributed by atoms with Crippen molar-refractivity contribution >= 4 is 5.82 Å². The molecule has 1 saturated carbocycles. The van der Waals surface area contributed by atoms with Crippen molar-refractivity contribution < 1.29 is 0 Å². The Labute approximate surface area is 109 Å². The molecule has 3 nitrogen and oxygen atoms in total. The summed E-state index contributed by atoms with van der Waals surface area (Å²) in [5.41, 5.74) is 2.66. The molecule has 3 heteroatoms. The summed E-state index contributed by atoms with van der Waals surface area (Å²) in [6.07, 6.45) is 13.6. The van der Waals surface area contributed by atoms with Crippen molar-refractivity contribution in [2.75, 3.05) is 11.9 Å². The van der Waals surface area contributed by atoms with Crippen LogP contribution in [0, 0.1) is 5.92 Å². The van der Waals surface area contributed by atoms with Crippen molar-refractivity contribution in [3.8, 4) is 0 Å². The van der Waals surface area contributed by atoms with E-state index in [0.29, 0.717) is 0 Å². The van der Waals surface area contributed by atoms with Crippen LogP contribution in [0.1, 0.15) is 56.2 Å². The molecule has 1 fully saturated rings. The van der Waals surface area contributed by atoms with Gasteiger partial charge in [0, 0.05) is 17.8 Å². The number of aromatic nitrogens is 2. The lowest BCUT2D eigenvalue weighted by Gasteiger charge is -2.18. The average molecular weight is 245 g/mol. The lowest BCUT2D eigenvalue weighted by atomic mass is 9.96. The van der Waals surface area contributed by atoms with Crippen molar-refractivity contribution in [3.63, 3.8) is 0 Å². The summed E-state index contributed by atoms with van der Waals surface area (Å²) in [4.78, 5) is 8.85. The van der Waals surface area contributed by atoms with Gasteiger partial charge in [0.15, 0.2) is 0 Å². The number of fused-ring (bicyclic) bond motifs is 1. The number of nitrogens with one attached hydrogen (secondary N) is 1. The SMILES string of the molecule is c1nc2c(c(NCCC3CCCC3)n1)CCCC2. The zero-order valence-corrected chi connectivity index (χ0v) is 11.1. The quantitative estimate of drug-likeness (QED) is 0.884. The third kappa shape index (κ3) is 2.65. The van der Waals surface area contributed by atoms with E-state index in [1.165, 1.54) is 56.2 Å². The predicted molar refractivity (Wildman–Crippen MR) is 73.7 cm³/mol. The van der Waals surface area contributed by atoms with Gasteiger partial charge in [0.25, 0.3) is 0 Å². The van der Waals surface area contributed by atoms with E-state index in [-0.39, 0.29) is 0 Å². The van der Waals surface area contributed by atoms with E-state index in [4.69, 9.17) is 0 Å². The topological polar surface area (TPSA) is 37.8 Å². The fourth-order valence-electron chi connectivity index (χ4n) is 3.37. The van der Waals surface area contributed by atoms with Crippen molar-refractivity contribution in [2.24, 2.45) is 5.92 Å². The molecule has 0 radical (unpaired) electrons. The van der Waals surface area contributed by atoms with Crippen LogP contribution in [0.3, 0.4) is 0 Å². The van der Waals surface area contributed by atoms with Crippen LogP contribution in [0.2, 0.25) is 0 Å². The van der Waals surface area contributed by atoms with E-state index in [0.717, 1.165) is 31.1 Å². The van der Waals surface area contributed by atoms with Gasteiger partial charge in [-0.15, -0.1) is 0 Å². The van der Waals surface area contributed by atoms with Gasteiger partial charge in [0.2, 0.25) is 0 Å². The molecule has 0 amide bonds. The molecule has 1 heterocycles. The van der Waals surface area contributed by atoms with E-state index in [2.05, 4.69) is 15.3 Å². The molecule has 0 saturated heterocycles. The van der Waals surface area contributed by atoms with E-state index in [1.807, 2.05) is 0 Å². The van der Waals surface area contributed by atoms with Crippen molar-refractivity contribution in [3.05, 3.63) is 17.6 Å². The van der Waals surface area contributed by atoms with Gasteiger partial charge in [-0.3, -0.25) is 0 Å². The monoisotopic (exact) mass is 245 g/mol. The number of nitrogens with zero attached hydrogens (tertiary/aromatic N) is 2. The van der Waals surface area contributed by atoms with Gasteiger partial charge in [-0.2, -0.15) is 0 Å². The van der Waals surface area contributed by atoms with Crippen molar-refractivity contribution in [2.45, 2.75) is 57.8 Å². The molecule has 0 aliphatic heterocycles. The highest BCUT2D eigenvalue weighted by atomic mass is 15.0. The molecule has 1 aromatic heterocycles. The Hall–Kier alpha value is -1.12. The van der Waals surface area contributed by atoms with Gasteiger partial charge in [0.05, 0.1) is 0 Å². The number of hydrogen-bond donors (Lipinski definition) is 1. The Morgan fingerprint density at radius 2 is 1.89 bits per heavy atom. The summed E-state index contributed by atoms with van der Waals surface area (Å²) in [5.74, 6) is 2.06. The minimum atomic E-state index is 0.954. The minimum Gasteiger partial charge on any atom is -0.370 e. The summed E-state index contributed by atoms with van der Waals surface area (Å²) in [5, 5.41) is 3.55. The summed E-state index contributed by atoms with van der Waals surface area (Å²) < 4.78 is 0. The van der Waals surface area contributed by atoms with Crippen LogP contribution >= 0.6 is 0 Å². The molecule has 3 rings (SSSR count). The second-order valence-corrected chi connectivity index (χ2v) is 5.72. The number of rotatable bonds is 4. The molecule has 98 valence electrons. The van der Waals surface area contributed by atoms with Crippen molar-refractivity contribution in [1.82, 2.24) is 9.97 Å². The van der Waals surface area contributed by atoms with E-state index in [9.17, 15) is 0 Å². The molecule has 0 atom stereocenters. The molecule has 0 unspecified atom stereocenters. The molecule has 1 aromatic rings. The molecule has 18 heavy (non-hydrogen) atoms. The maximum Gasteiger partial charge on any atom is 0.132 e. The van der Waals surface area contributed by atoms with Crippen molar-refractivity contribution in [1.29, 1.82) is 0 Å². The zero-order chi connectivity index (χ0) is 12.2. The summed E-state index contributed by atoms with van der Waals surface area (Å²) in [7, 11) is 0. The fraction of sp³-hybridized carbons (Fsp3) is 0.733. The Bertz CT molecular complexity index is 397. The smallest absolute Gasteiger partial charge is 0.132 e. The molecule has 0 bridgehead atoms. The maximum absolute atomic E-state index is 4.43. The Morgan fingerprint density at radius 1 is 1.06 bits per heavy atom. The first-order chi connectivity index (χ1) is 8.93. The van der Waals surface area contributed by atoms with Crippen LogP contribution in [0.25, 0.3) is 0 Å². The third-order valence-electron chi connectivity index (χ3n) is 4.44. The molecule has 1 N–H and O–H groups in total. The van der Waals surface area contributed by atoms with Gasteiger partial charge in [-0.25, -0.2) is 9.97 Å². The van der Waals surface area contributed by atoms with Crippen LogP contribution < -0.4 is 5.32 Å². The van der Waals surface area contributed by atoms with Crippen LogP contribution in [0.5, 0.6) is 0 Å². The maximum atomic E-state index is 4.43. The van der Waals surface area contributed by atoms with Crippen LogP contribution in [-0.2, 0) is 12.8 Å². The standard InChI is InChI=1S/C15H23N3/c1-2-6-12(5-1)9-10-16-15-13-7-3-4-8-14(13)17-11-18-15/h11-12H,1-10H2,(H,16,17,18). The second-order valence-electron chi connectivity index (χ2n) is 5.72. The van der Waals surface area contributed by atoms with E-state index >= 15 is 0 Å². The molecular weight excluding hydrogens is 222 g/mol. The van der Waals surface area contributed by atoms with Gasteiger partial charge >= 0.3 is 0 Å². The normalized spacial score (nSPS) is 19.8. The minimum absolute atomic E-state index is 0.954. The largest absolute Gasteiger partial charge is 0.370 e. The van der Waals surface area contributed by atoms with E-state index < -0.39 is 0 Å². The van der Waals surface area contributed by atoms with Gasteiger partial charge in [-0.05, 0) is 38.0 Å². The molecule has 0 aromatic carbocycles. The van der Waals surface area contributed by atoms with Gasteiger partial charge in [-0.1, -0.05) is 25.7 Å². The van der Waals surface area contributed by atoms with Crippen LogP contribution in [0.4, 0.5) is 5.82 Å². The molecule has 0 spiro atoms. The molecular formula is C15H23N3.